The molecule has 0 amide bonds. The summed E-state index contributed by atoms with van der Waals surface area (Å²) in [5, 5.41) is 0.766. The van der Waals surface area contributed by atoms with E-state index in [0.29, 0.717) is 21.2 Å². The first-order chi connectivity index (χ1) is 7.83. The first-order valence-corrected chi connectivity index (χ1v) is 7.00. The summed E-state index contributed by atoms with van der Waals surface area (Å²) in [6.45, 7) is -0.352. The normalized spacial score (nSPS) is 12.9. The molecule has 0 saturated heterocycles. The largest absolute Gasteiger partial charge is 0.469 e. The van der Waals surface area contributed by atoms with E-state index >= 15 is 0 Å². The Morgan fingerprint density at radius 2 is 2.06 bits per heavy atom. The third-order valence-electron chi connectivity index (χ3n) is 1.80. The molecule has 0 aliphatic carbocycles. The second-order valence-electron chi connectivity index (χ2n) is 3.02. The van der Waals surface area contributed by atoms with Crippen LogP contribution in [-0.2, 0) is 9.09 Å². The van der Waals surface area contributed by atoms with Crippen LogP contribution < -0.4 is 0 Å². The van der Waals surface area contributed by atoms with Crippen LogP contribution in [0.15, 0.2) is 23.7 Å². The molecule has 4 nitrogen and oxygen atoms in total. The first-order valence-electron chi connectivity index (χ1n) is 4.28. The SMILES string of the molecule is O=P(O)(O)OCC(=CCl)c1ccc(Cl)cc1Cl. The molecule has 0 radical (unpaired) electrons. The number of phosphoric acid groups is 1. The summed E-state index contributed by atoms with van der Waals surface area (Å²) >= 11 is 17.2. The molecule has 0 aliphatic rings. The lowest BCUT2D eigenvalue weighted by molar-refractivity contribution is 0.218. The van der Waals surface area contributed by atoms with Gasteiger partial charge in [0.25, 0.3) is 0 Å². The lowest BCUT2D eigenvalue weighted by atomic mass is 10.1. The summed E-state index contributed by atoms with van der Waals surface area (Å²) in [6, 6.07) is 4.67. The van der Waals surface area contributed by atoms with Gasteiger partial charge in [0.2, 0.25) is 0 Å². The first kappa shape index (κ1) is 15.0. The Bertz CT molecular complexity index is 483. The van der Waals surface area contributed by atoms with Crippen LogP contribution in [0.4, 0.5) is 0 Å². The molecule has 17 heavy (non-hydrogen) atoms. The van der Waals surface area contributed by atoms with Crippen LogP contribution in [-0.4, -0.2) is 16.4 Å². The van der Waals surface area contributed by atoms with Crippen molar-refractivity contribution in [2.45, 2.75) is 0 Å². The highest BCUT2D eigenvalue weighted by Crippen LogP contribution is 2.38. The van der Waals surface area contributed by atoms with Gasteiger partial charge in [-0.15, -0.1) is 0 Å². The van der Waals surface area contributed by atoms with Crippen LogP contribution in [0.2, 0.25) is 10.0 Å². The zero-order valence-electron chi connectivity index (χ0n) is 8.31. The van der Waals surface area contributed by atoms with Crippen LogP contribution >= 0.6 is 42.6 Å². The molecule has 0 atom stereocenters. The van der Waals surface area contributed by atoms with Crippen LogP contribution in [0.3, 0.4) is 0 Å². The Kier molecular flexibility index (Phi) is 5.48. The average Bonchev–Trinajstić information content (AvgIpc) is 2.19. The van der Waals surface area contributed by atoms with E-state index in [9.17, 15) is 4.57 Å². The van der Waals surface area contributed by atoms with Gasteiger partial charge in [0.05, 0.1) is 6.61 Å². The van der Waals surface area contributed by atoms with Gasteiger partial charge in [-0.25, -0.2) is 4.57 Å². The zero-order valence-corrected chi connectivity index (χ0v) is 11.5. The number of hydrogen-bond donors (Lipinski definition) is 2. The Hall–Kier alpha value is -0.0600. The van der Waals surface area contributed by atoms with Crippen LogP contribution in [0, 0.1) is 0 Å². The Balaban J connectivity index is 2.92. The molecule has 1 rings (SSSR count). The van der Waals surface area contributed by atoms with Crippen molar-refractivity contribution in [1.82, 2.24) is 0 Å². The van der Waals surface area contributed by atoms with Crippen molar-refractivity contribution < 1.29 is 18.9 Å². The van der Waals surface area contributed by atoms with E-state index in [0.717, 1.165) is 5.54 Å². The third kappa shape index (κ3) is 4.98. The van der Waals surface area contributed by atoms with Crippen molar-refractivity contribution >= 4 is 48.2 Å². The third-order valence-corrected chi connectivity index (χ3v) is 3.07. The molecule has 0 unspecified atom stereocenters. The summed E-state index contributed by atoms with van der Waals surface area (Å²) < 4.78 is 14.9. The van der Waals surface area contributed by atoms with Crippen molar-refractivity contribution in [2.24, 2.45) is 0 Å². The highest BCUT2D eigenvalue weighted by Gasteiger charge is 2.16. The van der Waals surface area contributed by atoms with E-state index in [4.69, 9.17) is 44.6 Å². The van der Waals surface area contributed by atoms with Gasteiger partial charge >= 0.3 is 7.82 Å². The minimum Gasteiger partial charge on any atom is -0.303 e. The predicted octanol–water partition coefficient (Wildman–Crippen LogP) is 3.68. The molecule has 0 fully saturated rings. The molecule has 2 N–H and O–H groups in total. The highest BCUT2D eigenvalue weighted by atomic mass is 35.5. The Morgan fingerprint density at radius 1 is 1.41 bits per heavy atom. The van der Waals surface area contributed by atoms with Crippen molar-refractivity contribution in [2.75, 3.05) is 6.61 Å². The maximum Gasteiger partial charge on any atom is 0.469 e. The number of phosphoric ester groups is 1. The lowest BCUT2D eigenvalue weighted by Gasteiger charge is -2.10. The molecule has 0 aliphatic heterocycles. The Morgan fingerprint density at radius 3 is 2.53 bits per heavy atom. The number of hydrogen-bond acceptors (Lipinski definition) is 2. The van der Waals surface area contributed by atoms with E-state index < -0.39 is 7.82 Å². The van der Waals surface area contributed by atoms with Crippen molar-refractivity contribution in [3.8, 4) is 0 Å². The van der Waals surface area contributed by atoms with Crippen LogP contribution in [0.25, 0.3) is 5.57 Å². The maximum absolute atomic E-state index is 10.6. The standard InChI is InChI=1S/C9H8Cl3O4P/c10-4-6(5-16-17(13,14)15)8-2-1-7(11)3-9(8)12/h1-4H,5H2,(H2,13,14,15). The summed E-state index contributed by atoms with van der Waals surface area (Å²) in [6.07, 6.45) is 0. The molecule has 0 aromatic heterocycles. The van der Waals surface area contributed by atoms with Crippen molar-refractivity contribution in [3.05, 3.63) is 39.3 Å². The fraction of sp³-hybridized carbons (Fsp3) is 0.111. The van der Waals surface area contributed by atoms with E-state index in [2.05, 4.69) is 4.52 Å². The molecule has 1 aromatic rings. The van der Waals surface area contributed by atoms with Gasteiger partial charge in [0, 0.05) is 15.6 Å². The van der Waals surface area contributed by atoms with Crippen LogP contribution in [0.1, 0.15) is 5.56 Å². The predicted molar refractivity (Wildman–Crippen MR) is 68.3 cm³/mol. The monoisotopic (exact) mass is 316 g/mol. The number of halogens is 3. The van der Waals surface area contributed by atoms with Crippen molar-refractivity contribution in [3.63, 3.8) is 0 Å². The Labute approximate surface area is 113 Å². The minimum absolute atomic E-state index is 0.318. The molecule has 0 heterocycles. The highest BCUT2D eigenvalue weighted by molar-refractivity contribution is 7.46. The molecule has 94 valence electrons. The molecule has 1 aromatic carbocycles. The molecule has 0 bridgehead atoms. The smallest absolute Gasteiger partial charge is 0.303 e. The fourth-order valence-corrected chi connectivity index (χ4v) is 2.09. The number of benzene rings is 1. The van der Waals surface area contributed by atoms with Crippen LogP contribution in [0.5, 0.6) is 0 Å². The molecule has 0 saturated carbocycles. The topological polar surface area (TPSA) is 66.8 Å². The summed E-state index contributed by atoms with van der Waals surface area (Å²) in [7, 11) is -4.55. The van der Waals surface area contributed by atoms with E-state index in [-0.39, 0.29) is 6.61 Å². The van der Waals surface area contributed by atoms with Gasteiger partial charge in [-0.05, 0) is 23.3 Å². The lowest BCUT2D eigenvalue weighted by Crippen LogP contribution is -1.96. The summed E-state index contributed by atoms with van der Waals surface area (Å²) in [4.78, 5) is 17.2. The van der Waals surface area contributed by atoms with Gasteiger partial charge in [0.1, 0.15) is 0 Å². The summed E-state index contributed by atoms with van der Waals surface area (Å²) in [5.41, 5.74) is 1.99. The quantitative estimate of drug-likeness (QED) is 0.831. The van der Waals surface area contributed by atoms with E-state index in [1.165, 1.54) is 6.07 Å². The van der Waals surface area contributed by atoms with Gasteiger partial charge < -0.3 is 9.79 Å². The molecular formula is C9H8Cl3O4P. The zero-order chi connectivity index (χ0) is 13.1. The minimum atomic E-state index is -4.55. The van der Waals surface area contributed by atoms with E-state index in [1.54, 1.807) is 12.1 Å². The molecule has 0 spiro atoms. The summed E-state index contributed by atoms with van der Waals surface area (Å²) in [5.74, 6) is 0. The van der Waals surface area contributed by atoms with E-state index in [1.807, 2.05) is 0 Å². The number of rotatable bonds is 4. The van der Waals surface area contributed by atoms with Gasteiger partial charge in [0.15, 0.2) is 0 Å². The maximum atomic E-state index is 10.6. The van der Waals surface area contributed by atoms with Gasteiger partial charge in [-0.2, -0.15) is 0 Å². The van der Waals surface area contributed by atoms with Crippen molar-refractivity contribution in [1.29, 1.82) is 0 Å². The molecular weight excluding hydrogens is 309 g/mol. The van der Waals surface area contributed by atoms with Gasteiger partial charge in [-0.3, -0.25) is 4.52 Å². The molecule has 8 heteroatoms. The average molecular weight is 317 g/mol. The van der Waals surface area contributed by atoms with Gasteiger partial charge in [-0.1, -0.05) is 40.9 Å². The fourth-order valence-electron chi connectivity index (χ4n) is 1.07. The second-order valence-corrected chi connectivity index (χ2v) is 5.32. The second kappa shape index (κ2) is 6.21.